The molecular formula is C26H29N5O2S. The molecule has 8 heteroatoms. The highest BCUT2D eigenvalue weighted by Crippen LogP contribution is 2.28. The first-order valence-corrected chi connectivity index (χ1v) is 12.4. The summed E-state index contributed by atoms with van der Waals surface area (Å²) < 4.78 is 1.68. The highest BCUT2D eigenvalue weighted by atomic mass is 32.1. The zero-order chi connectivity index (χ0) is 23.8. The van der Waals surface area contributed by atoms with Crippen molar-refractivity contribution >= 4 is 43.9 Å². The Labute approximate surface area is 202 Å². The number of carbonyl (C=O) groups excluding carboxylic acids is 1. The summed E-state index contributed by atoms with van der Waals surface area (Å²) in [5.74, 6) is -0.0875. The Bertz CT molecular complexity index is 1410. The van der Waals surface area contributed by atoms with Crippen LogP contribution in [-0.2, 0) is 6.54 Å². The maximum Gasteiger partial charge on any atom is 0.263 e. The van der Waals surface area contributed by atoms with E-state index in [1.807, 2.05) is 6.92 Å². The maximum atomic E-state index is 13.2. The minimum atomic E-state index is -0.0875. The molecule has 5 rings (SSSR count). The number of nitrogens with zero attached hydrogens (tertiary/aromatic N) is 5. The molecule has 0 radical (unpaired) electrons. The van der Waals surface area contributed by atoms with Crippen LogP contribution in [0, 0.1) is 6.92 Å². The standard InChI is InChI=1S/C26H29N5O2S/c1-18-22-24(34-23(18)26(33)28(2)3)27-17-31(25(22)32)16-13-29-11-14-30(15-12-29)21-10-6-8-19-7-4-5-9-20(19)21/h4-10,17H,11-16H2,1-3H3. The van der Waals surface area contributed by atoms with E-state index in [-0.39, 0.29) is 11.5 Å². The van der Waals surface area contributed by atoms with Gasteiger partial charge in [-0.15, -0.1) is 11.3 Å². The molecular weight excluding hydrogens is 446 g/mol. The third-order valence-electron chi connectivity index (χ3n) is 6.65. The topological polar surface area (TPSA) is 61.7 Å². The fraction of sp³-hybridized carbons (Fsp3) is 0.346. The second kappa shape index (κ2) is 9.19. The monoisotopic (exact) mass is 475 g/mol. The van der Waals surface area contributed by atoms with Crippen molar-refractivity contribution in [2.75, 3.05) is 51.7 Å². The number of aromatic nitrogens is 2. The molecule has 0 spiro atoms. The van der Waals surface area contributed by atoms with Gasteiger partial charge in [-0.25, -0.2) is 4.98 Å². The molecule has 1 fully saturated rings. The van der Waals surface area contributed by atoms with E-state index in [9.17, 15) is 9.59 Å². The van der Waals surface area contributed by atoms with E-state index in [0.29, 0.717) is 21.6 Å². The summed E-state index contributed by atoms with van der Waals surface area (Å²) in [6.07, 6.45) is 1.62. The Morgan fingerprint density at radius 3 is 2.53 bits per heavy atom. The zero-order valence-electron chi connectivity index (χ0n) is 19.8. The van der Waals surface area contributed by atoms with Gasteiger partial charge < -0.3 is 9.80 Å². The molecule has 0 saturated carbocycles. The number of anilines is 1. The molecule has 2 aromatic carbocycles. The number of hydrogen-bond donors (Lipinski definition) is 0. The van der Waals surface area contributed by atoms with Gasteiger partial charge in [0.15, 0.2) is 0 Å². The highest BCUT2D eigenvalue weighted by molar-refractivity contribution is 7.20. The molecule has 1 saturated heterocycles. The van der Waals surface area contributed by atoms with Crippen LogP contribution in [0.15, 0.2) is 53.6 Å². The SMILES string of the molecule is Cc1c(C(=O)N(C)C)sc2ncn(CCN3CCN(c4cccc5ccccc45)CC3)c(=O)c12. The molecule has 176 valence electrons. The van der Waals surface area contributed by atoms with Crippen molar-refractivity contribution in [3.8, 4) is 0 Å². The molecule has 1 aliphatic heterocycles. The first-order chi connectivity index (χ1) is 16.4. The molecule has 0 aliphatic carbocycles. The second-order valence-corrected chi connectivity index (χ2v) is 10.0. The van der Waals surface area contributed by atoms with Gasteiger partial charge in [-0.05, 0) is 23.9 Å². The summed E-state index contributed by atoms with van der Waals surface area (Å²) in [6.45, 7) is 7.04. The Hall–Kier alpha value is -3.23. The lowest BCUT2D eigenvalue weighted by Crippen LogP contribution is -2.47. The van der Waals surface area contributed by atoms with Gasteiger partial charge in [0.25, 0.3) is 11.5 Å². The van der Waals surface area contributed by atoms with Gasteiger partial charge >= 0.3 is 0 Å². The summed E-state index contributed by atoms with van der Waals surface area (Å²) >= 11 is 1.30. The largest absolute Gasteiger partial charge is 0.368 e. The number of rotatable bonds is 5. The van der Waals surface area contributed by atoms with Crippen molar-refractivity contribution in [3.05, 3.63) is 69.6 Å². The smallest absolute Gasteiger partial charge is 0.263 e. The Morgan fingerprint density at radius 1 is 1.03 bits per heavy atom. The molecule has 0 N–H and O–H groups in total. The molecule has 1 aliphatic rings. The molecule has 1 amide bonds. The average molecular weight is 476 g/mol. The quantitative estimate of drug-likeness (QED) is 0.443. The van der Waals surface area contributed by atoms with Gasteiger partial charge in [0.1, 0.15) is 4.83 Å². The van der Waals surface area contributed by atoms with E-state index < -0.39 is 0 Å². The molecule has 0 atom stereocenters. The predicted octanol–water partition coefficient (Wildman–Crippen LogP) is 3.44. The second-order valence-electron chi connectivity index (χ2n) is 9.01. The van der Waals surface area contributed by atoms with Crippen LogP contribution in [0.1, 0.15) is 15.2 Å². The van der Waals surface area contributed by atoms with E-state index in [1.165, 1.54) is 32.7 Å². The van der Waals surface area contributed by atoms with Crippen molar-refractivity contribution < 1.29 is 4.79 Å². The van der Waals surface area contributed by atoms with E-state index in [2.05, 4.69) is 57.2 Å². The first-order valence-electron chi connectivity index (χ1n) is 11.6. The normalized spacial score (nSPS) is 14.7. The summed E-state index contributed by atoms with van der Waals surface area (Å²) in [4.78, 5) is 37.7. The number of piperazine rings is 1. The van der Waals surface area contributed by atoms with Gasteiger partial charge in [0.2, 0.25) is 0 Å². The van der Waals surface area contributed by atoms with E-state index >= 15 is 0 Å². The lowest BCUT2D eigenvalue weighted by Gasteiger charge is -2.36. The van der Waals surface area contributed by atoms with Crippen LogP contribution < -0.4 is 10.5 Å². The zero-order valence-corrected chi connectivity index (χ0v) is 20.6. The van der Waals surface area contributed by atoms with Gasteiger partial charge in [-0.2, -0.15) is 0 Å². The van der Waals surface area contributed by atoms with Crippen molar-refractivity contribution in [1.82, 2.24) is 19.4 Å². The first kappa shape index (κ1) is 22.6. The number of thiophene rings is 1. The average Bonchev–Trinajstić information content (AvgIpc) is 3.20. The molecule has 2 aromatic heterocycles. The van der Waals surface area contributed by atoms with Gasteiger partial charge in [-0.3, -0.25) is 19.1 Å². The molecule has 7 nitrogen and oxygen atoms in total. The maximum absolute atomic E-state index is 13.2. The van der Waals surface area contributed by atoms with Gasteiger partial charge in [0.05, 0.1) is 16.6 Å². The van der Waals surface area contributed by atoms with Crippen LogP contribution in [0.2, 0.25) is 0 Å². The summed E-state index contributed by atoms with van der Waals surface area (Å²) in [6, 6.07) is 15.0. The fourth-order valence-corrected chi connectivity index (χ4v) is 5.83. The van der Waals surface area contributed by atoms with Crippen molar-refractivity contribution in [1.29, 1.82) is 0 Å². The fourth-order valence-electron chi connectivity index (χ4n) is 4.67. The lowest BCUT2D eigenvalue weighted by molar-refractivity contribution is 0.0831. The van der Waals surface area contributed by atoms with E-state index in [4.69, 9.17) is 0 Å². The number of carbonyl (C=O) groups is 1. The van der Waals surface area contributed by atoms with Crippen molar-refractivity contribution in [2.24, 2.45) is 0 Å². The third kappa shape index (κ3) is 4.08. The van der Waals surface area contributed by atoms with Crippen LogP contribution in [0.5, 0.6) is 0 Å². The minimum absolute atomic E-state index is 0.0639. The summed E-state index contributed by atoms with van der Waals surface area (Å²) in [5, 5.41) is 3.13. The number of amides is 1. The van der Waals surface area contributed by atoms with Crippen LogP contribution in [0.4, 0.5) is 5.69 Å². The van der Waals surface area contributed by atoms with Crippen molar-refractivity contribution in [2.45, 2.75) is 13.5 Å². The number of aryl methyl sites for hydroxylation is 1. The van der Waals surface area contributed by atoms with Gasteiger partial charge in [0, 0.05) is 64.4 Å². The number of hydrogen-bond acceptors (Lipinski definition) is 6. The Morgan fingerprint density at radius 2 is 1.76 bits per heavy atom. The predicted molar refractivity (Wildman–Crippen MR) is 139 cm³/mol. The molecule has 4 aromatic rings. The number of benzene rings is 2. The molecule has 34 heavy (non-hydrogen) atoms. The van der Waals surface area contributed by atoms with Crippen LogP contribution >= 0.6 is 11.3 Å². The minimum Gasteiger partial charge on any atom is -0.368 e. The lowest BCUT2D eigenvalue weighted by atomic mass is 10.1. The molecule has 0 unspecified atom stereocenters. The van der Waals surface area contributed by atoms with E-state index in [1.54, 1.807) is 25.0 Å². The molecule has 0 bridgehead atoms. The Kier molecular flexibility index (Phi) is 6.10. The third-order valence-corrected chi connectivity index (χ3v) is 7.84. The van der Waals surface area contributed by atoms with Crippen LogP contribution in [0.3, 0.4) is 0 Å². The molecule has 3 heterocycles. The van der Waals surface area contributed by atoms with Crippen LogP contribution in [-0.4, -0.2) is 72.1 Å². The highest BCUT2D eigenvalue weighted by Gasteiger charge is 2.22. The summed E-state index contributed by atoms with van der Waals surface area (Å²) in [5.41, 5.74) is 1.96. The summed E-state index contributed by atoms with van der Waals surface area (Å²) in [7, 11) is 3.44. The van der Waals surface area contributed by atoms with Crippen molar-refractivity contribution in [3.63, 3.8) is 0 Å². The Balaban J connectivity index is 1.27. The van der Waals surface area contributed by atoms with E-state index in [0.717, 1.165) is 38.3 Å². The van der Waals surface area contributed by atoms with Crippen LogP contribution in [0.25, 0.3) is 21.0 Å². The van der Waals surface area contributed by atoms with Gasteiger partial charge in [-0.1, -0.05) is 36.4 Å². The number of fused-ring (bicyclic) bond motifs is 2.